The molecule has 1 aromatic rings. The molecule has 0 saturated heterocycles. The Balaban J connectivity index is 1.33. The minimum absolute atomic E-state index is 0.0788. The molecule has 2 fully saturated rings. The highest BCUT2D eigenvalue weighted by molar-refractivity contribution is 5.94. The van der Waals surface area contributed by atoms with Crippen molar-refractivity contribution in [1.29, 1.82) is 0 Å². The molecule has 2 bridgehead atoms. The van der Waals surface area contributed by atoms with Crippen molar-refractivity contribution in [3.8, 4) is 11.5 Å². The summed E-state index contributed by atoms with van der Waals surface area (Å²) >= 11 is 0. The average Bonchev–Trinajstić information content (AvgIpc) is 3.40. The van der Waals surface area contributed by atoms with Crippen molar-refractivity contribution in [1.82, 2.24) is 0 Å². The molecular weight excluding hydrogens is 344 g/mol. The van der Waals surface area contributed by atoms with Gasteiger partial charge in [-0.25, -0.2) is 4.79 Å². The van der Waals surface area contributed by atoms with E-state index in [0.29, 0.717) is 28.9 Å². The molecule has 27 heavy (non-hydrogen) atoms. The molecule has 5 rings (SSSR count). The second-order valence-corrected chi connectivity index (χ2v) is 8.45. The molecule has 0 aromatic heterocycles. The van der Waals surface area contributed by atoms with Gasteiger partial charge in [0.2, 0.25) is 0 Å². The van der Waals surface area contributed by atoms with Crippen molar-refractivity contribution in [2.75, 3.05) is 0 Å². The molecule has 0 radical (unpaired) electrons. The fraction of sp³-hybridized carbons (Fsp3) is 0.545. The summed E-state index contributed by atoms with van der Waals surface area (Å²) in [6, 6.07) is 4.98. The zero-order valence-corrected chi connectivity index (χ0v) is 15.5. The van der Waals surface area contributed by atoms with Crippen LogP contribution in [0.25, 0.3) is 0 Å². The number of carbonyl (C=O) groups is 2. The van der Waals surface area contributed by atoms with Crippen LogP contribution >= 0.6 is 0 Å². The van der Waals surface area contributed by atoms with Crippen LogP contribution in [-0.4, -0.2) is 17.7 Å². The molecule has 1 aromatic carbocycles. The van der Waals surface area contributed by atoms with Gasteiger partial charge in [-0.1, -0.05) is 25.0 Å². The van der Waals surface area contributed by atoms with Gasteiger partial charge in [0.05, 0.1) is 5.92 Å². The number of allylic oxidation sites excluding steroid dienone is 2. The maximum Gasteiger partial charge on any atom is 0.345 e. The minimum Gasteiger partial charge on any atom is -0.451 e. The molecule has 5 heteroatoms. The summed E-state index contributed by atoms with van der Waals surface area (Å²) in [6.07, 6.45) is 10.5. The van der Waals surface area contributed by atoms with Gasteiger partial charge in [0.25, 0.3) is 5.79 Å². The van der Waals surface area contributed by atoms with Crippen LogP contribution < -0.4 is 9.47 Å². The van der Waals surface area contributed by atoms with Gasteiger partial charge < -0.3 is 14.2 Å². The third-order valence-electron chi connectivity index (χ3n) is 6.68. The lowest BCUT2D eigenvalue weighted by Gasteiger charge is -2.38. The van der Waals surface area contributed by atoms with Gasteiger partial charge in [-0.2, -0.15) is 0 Å². The molecule has 4 unspecified atom stereocenters. The van der Waals surface area contributed by atoms with Crippen molar-refractivity contribution in [3.05, 3.63) is 35.9 Å². The Morgan fingerprint density at radius 1 is 1.15 bits per heavy atom. The summed E-state index contributed by atoms with van der Waals surface area (Å²) in [4.78, 5) is 25.1. The third-order valence-corrected chi connectivity index (χ3v) is 6.68. The molecular formula is C22H24O5. The fourth-order valence-corrected chi connectivity index (χ4v) is 5.16. The molecule has 142 valence electrons. The number of cyclic esters (lactones) is 1. The minimum atomic E-state index is -0.909. The number of esters is 2. The molecule has 4 atom stereocenters. The van der Waals surface area contributed by atoms with Crippen molar-refractivity contribution in [2.24, 2.45) is 23.7 Å². The topological polar surface area (TPSA) is 61.8 Å². The Morgan fingerprint density at radius 2 is 1.96 bits per heavy atom. The van der Waals surface area contributed by atoms with Crippen LogP contribution in [-0.2, 0) is 9.53 Å². The van der Waals surface area contributed by atoms with Crippen LogP contribution in [0.1, 0.15) is 55.8 Å². The average molecular weight is 368 g/mol. The maximum atomic E-state index is 12.6. The van der Waals surface area contributed by atoms with Gasteiger partial charge >= 0.3 is 11.9 Å². The summed E-state index contributed by atoms with van der Waals surface area (Å²) < 4.78 is 17.3. The van der Waals surface area contributed by atoms with Gasteiger partial charge in [0.15, 0.2) is 0 Å². The molecule has 1 heterocycles. The summed E-state index contributed by atoms with van der Waals surface area (Å²) in [5.41, 5.74) is 0.323. The van der Waals surface area contributed by atoms with Crippen molar-refractivity contribution >= 4 is 11.9 Å². The SMILES string of the molecule is CC1(C2CCCC2)OC(=O)c2cc(OC(=O)C3CC4C=CC3C4)ccc2O1. The summed E-state index contributed by atoms with van der Waals surface area (Å²) in [6.45, 7) is 1.85. The molecule has 2 saturated carbocycles. The van der Waals surface area contributed by atoms with E-state index < -0.39 is 11.8 Å². The van der Waals surface area contributed by atoms with E-state index in [1.807, 2.05) is 6.92 Å². The molecule has 5 nitrogen and oxygen atoms in total. The predicted molar refractivity (Wildman–Crippen MR) is 97.3 cm³/mol. The summed E-state index contributed by atoms with van der Waals surface area (Å²) in [5.74, 6) is 0.280. The quantitative estimate of drug-likeness (QED) is 0.453. The molecule has 4 aliphatic rings. The number of rotatable bonds is 3. The number of benzene rings is 1. The first-order chi connectivity index (χ1) is 13.0. The van der Waals surface area contributed by atoms with Gasteiger partial charge in [-0.05, 0) is 55.7 Å². The van der Waals surface area contributed by atoms with Gasteiger partial charge in [0.1, 0.15) is 17.1 Å². The maximum absolute atomic E-state index is 12.6. The van der Waals surface area contributed by atoms with Crippen molar-refractivity contribution in [2.45, 2.75) is 51.2 Å². The highest BCUT2D eigenvalue weighted by atomic mass is 16.7. The Hall–Kier alpha value is -2.30. The monoisotopic (exact) mass is 368 g/mol. The first-order valence-electron chi connectivity index (χ1n) is 9.98. The van der Waals surface area contributed by atoms with Crippen molar-refractivity contribution in [3.63, 3.8) is 0 Å². The number of fused-ring (bicyclic) bond motifs is 3. The van der Waals surface area contributed by atoms with E-state index in [0.717, 1.165) is 38.5 Å². The van der Waals surface area contributed by atoms with Crippen LogP contribution in [0, 0.1) is 23.7 Å². The van der Waals surface area contributed by atoms with E-state index in [-0.39, 0.29) is 17.8 Å². The smallest absolute Gasteiger partial charge is 0.345 e. The lowest BCUT2D eigenvalue weighted by Crippen LogP contribution is -2.47. The summed E-state index contributed by atoms with van der Waals surface area (Å²) in [7, 11) is 0. The Kier molecular flexibility index (Phi) is 3.81. The van der Waals surface area contributed by atoms with E-state index in [1.165, 1.54) is 0 Å². The Labute approximate surface area is 158 Å². The second kappa shape index (κ2) is 6.11. The number of hydrogen-bond donors (Lipinski definition) is 0. The zero-order valence-electron chi connectivity index (χ0n) is 15.5. The predicted octanol–water partition coefficient (Wildman–Crippen LogP) is 4.26. The third kappa shape index (κ3) is 2.84. The number of hydrogen-bond acceptors (Lipinski definition) is 5. The van der Waals surface area contributed by atoms with E-state index in [4.69, 9.17) is 14.2 Å². The van der Waals surface area contributed by atoms with E-state index in [9.17, 15) is 9.59 Å². The summed E-state index contributed by atoms with van der Waals surface area (Å²) in [5, 5.41) is 0. The van der Waals surface area contributed by atoms with Gasteiger partial charge in [0, 0.05) is 12.8 Å². The normalized spacial score (nSPS) is 34.3. The first-order valence-corrected chi connectivity index (χ1v) is 9.98. The zero-order chi connectivity index (χ0) is 18.6. The molecule has 0 amide bonds. The van der Waals surface area contributed by atoms with Gasteiger partial charge in [-0.3, -0.25) is 4.79 Å². The van der Waals surface area contributed by atoms with E-state index in [2.05, 4.69) is 12.2 Å². The Morgan fingerprint density at radius 3 is 2.67 bits per heavy atom. The first kappa shape index (κ1) is 16.8. The van der Waals surface area contributed by atoms with Crippen LogP contribution in [0.3, 0.4) is 0 Å². The van der Waals surface area contributed by atoms with Gasteiger partial charge in [-0.15, -0.1) is 0 Å². The molecule has 1 aliphatic heterocycles. The van der Waals surface area contributed by atoms with Crippen LogP contribution in [0.4, 0.5) is 0 Å². The van der Waals surface area contributed by atoms with E-state index in [1.54, 1.807) is 18.2 Å². The molecule has 3 aliphatic carbocycles. The highest BCUT2D eigenvalue weighted by Crippen LogP contribution is 2.45. The van der Waals surface area contributed by atoms with E-state index >= 15 is 0 Å². The number of carbonyl (C=O) groups excluding carboxylic acids is 2. The van der Waals surface area contributed by atoms with Crippen molar-refractivity contribution < 1.29 is 23.8 Å². The van der Waals surface area contributed by atoms with Crippen LogP contribution in [0.15, 0.2) is 30.4 Å². The lowest BCUT2D eigenvalue weighted by atomic mass is 9.94. The fourth-order valence-electron chi connectivity index (χ4n) is 5.16. The standard InChI is InChI=1S/C22H24O5/c1-22(15-4-2-3-5-15)26-19-9-8-16(12-18(19)21(24)27-22)25-20(23)17-11-13-6-7-14(17)10-13/h6-9,12-15,17H,2-5,10-11H2,1H3. The lowest BCUT2D eigenvalue weighted by molar-refractivity contribution is -0.175. The van der Waals surface area contributed by atoms with Crippen LogP contribution in [0.2, 0.25) is 0 Å². The highest BCUT2D eigenvalue weighted by Gasteiger charge is 2.46. The van der Waals surface area contributed by atoms with Crippen LogP contribution in [0.5, 0.6) is 11.5 Å². The second-order valence-electron chi connectivity index (χ2n) is 8.45. The Bertz CT molecular complexity index is 822. The molecule has 0 N–H and O–H groups in total. The largest absolute Gasteiger partial charge is 0.451 e. The number of ether oxygens (including phenoxy) is 3. The molecule has 0 spiro atoms.